The van der Waals surface area contributed by atoms with E-state index in [4.69, 9.17) is 11.6 Å². The minimum Gasteiger partial charge on any atom is -0.366 e. The molecule has 1 atom stereocenters. The van der Waals surface area contributed by atoms with Gasteiger partial charge >= 0.3 is 0 Å². The Morgan fingerprint density at radius 3 is 3.00 bits per heavy atom. The summed E-state index contributed by atoms with van der Waals surface area (Å²) in [4.78, 5) is 16.4. The van der Waals surface area contributed by atoms with Crippen molar-refractivity contribution in [2.24, 2.45) is 0 Å². The Kier molecular flexibility index (Phi) is 3.44. The van der Waals surface area contributed by atoms with Gasteiger partial charge < -0.3 is 10.2 Å². The van der Waals surface area contributed by atoms with Crippen LogP contribution in [0.2, 0.25) is 5.15 Å². The third-order valence-electron chi connectivity index (χ3n) is 2.73. The quantitative estimate of drug-likeness (QED) is 0.507. The molecule has 0 saturated carbocycles. The largest absolute Gasteiger partial charge is 0.366 e. The molecule has 1 unspecified atom stereocenters. The first-order valence-electron chi connectivity index (χ1n) is 5.31. The zero-order chi connectivity index (χ0) is 12.4. The summed E-state index contributed by atoms with van der Waals surface area (Å²) in [5.41, 5.74) is -0.0427. The number of nitro groups is 1. The highest BCUT2D eigenvalue weighted by Crippen LogP contribution is 2.22. The molecule has 92 valence electrons. The summed E-state index contributed by atoms with van der Waals surface area (Å²) in [6, 6.07) is 2.92. The first kappa shape index (κ1) is 12.1. The molecule has 0 aromatic carbocycles. The predicted octanol–water partition coefficient (Wildman–Crippen LogP) is 1.76. The normalized spacial score (nSPS) is 20.5. The van der Waals surface area contributed by atoms with Gasteiger partial charge in [0.1, 0.15) is 11.0 Å². The minimum atomic E-state index is -0.473. The van der Waals surface area contributed by atoms with Crippen LogP contribution in [0.5, 0.6) is 0 Å². The third kappa shape index (κ3) is 3.04. The molecule has 1 aliphatic rings. The molecule has 6 nitrogen and oxygen atoms in total. The van der Waals surface area contributed by atoms with E-state index in [0.29, 0.717) is 5.82 Å². The Morgan fingerprint density at radius 1 is 1.65 bits per heavy atom. The Labute approximate surface area is 104 Å². The molecule has 1 aliphatic heterocycles. The number of pyridine rings is 1. The topological polar surface area (TPSA) is 71.3 Å². The number of nitrogens with zero attached hydrogens (tertiary/aromatic N) is 3. The van der Waals surface area contributed by atoms with E-state index >= 15 is 0 Å². The maximum Gasteiger partial charge on any atom is 0.276 e. The van der Waals surface area contributed by atoms with Gasteiger partial charge in [-0.1, -0.05) is 11.6 Å². The molecule has 0 spiro atoms. The van der Waals surface area contributed by atoms with Crippen molar-refractivity contribution in [1.29, 1.82) is 0 Å². The van der Waals surface area contributed by atoms with E-state index in [9.17, 15) is 10.1 Å². The fraction of sp³-hybridized carbons (Fsp3) is 0.500. The number of halogens is 1. The van der Waals surface area contributed by atoms with Gasteiger partial charge in [0.2, 0.25) is 0 Å². The molecule has 17 heavy (non-hydrogen) atoms. The molecule has 1 aromatic heterocycles. The van der Waals surface area contributed by atoms with Crippen LogP contribution in [0.15, 0.2) is 12.1 Å². The van der Waals surface area contributed by atoms with Crippen LogP contribution in [-0.2, 0) is 0 Å². The first-order valence-corrected chi connectivity index (χ1v) is 5.69. The monoisotopic (exact) mass is 256 g/mol. The van der Waals surface area contributed by atoms with E-state index in [-0.39, 0.29) is 16.9 Å². The molecular weight excluding hydrogens is 244 g/mol. The van der Waals surface area contributed by atoms with Crippen molar-refractivity contribution >= 4 is 23.1 Å². The fourth-order valence-electron chi connectivity index (χ4n) is 1.92. The lowest BCUT2D eigenvalue weighted by molar-refractivity contribution is -0.384. The van der Waals surface area contributed by atoms with Crippen molar-refractivity contribution in [3.63, 3.8) is 0 Å². The lowest BCUT2D eigenvalue weighted by Crippen LogP contribution is -2.24. The van der Waals surface area contributed by atoms with Crippen LogP contribution in [0.4, 0.5) is 11.5 Å². The number of rotatable bonds is 3. The van der Waals surface area contributed by atoms with Crippen molar-refractivity contribution in [3.8, 4) is 0 Å². The van der Waals surface area contributed by atoms with E-state index in [1.54, 1.807) is 0 Å². The second kappa shape index (κ2) is 4.85. The highest BCUT2D eigenvalue weighted by atomic mass is 35.5. The molecule has 0 amide bonds. The van der Waals surface area contributed by atoms with Crippen LogP contribution in [0, 0.1) is 10.1 Å². The maximum absolute atomic E-state index is 10.7. The summed E-state index contributed by atoms with van der Waals surface area (Å²) in [5, 5.41) is 14.0. The Hall–Kier alpha value is -1.40. The summed E-state index contributed by atoms with van der Waals surface area (Å²) < 4.78 is 0. The third-order valence-corrected chi connectivity index (χ3v) is 2.93. The van der Waals surface area contributed by atoms with Gasteiger partial charge in [-0.2, -0.15) is 0 Å². The van der Waals surface area contributed by atoms with Gasteiger partial charge in [0.05, 0.1) is 17.1 Å². The summed E-state index contributed by atoms with van der Waals surface area (Å²) in [6.07, 6.45) is 0.999. The second-order valence-electron chi connectivity index (χ2n) is 4.18. The zero-order valence-electron chi connectivity index (χ0n) is 9.39. The predicted molar refractivity (Wildman–Crippen MR) is 65.4 cm³/mol. The molecule has 1 saturated heterocycles. The standard InChI is InChI=1S/C10H13ClN4O2/c1-14-3-2-7(6-14)12-10-5-8(15(16)17)4-9(11)13-10/h4-5,7H,2-3,6H2,1H3,(H,12,13). The fourth-order valence-corrected chi connectivity index (χ4v) is 2.13. The average Bonchev–Trinajstić information content (AvgIpc) is 2.63. The van der Waals surface area contributed by atoms with Crippen molar-refractivity contribution < 1.29 is 4.92 Å². The van der Waals surface area contributed by atoms with Crippen molar-refractivity contribution in [1.82, 2.24) is 9.88 Å². The zero-order valence-corrected chi connectivity index (χ0v) is 10.1. The lowest BCUT2D eigenvalue weighted by Gasteiger charge is -2.13. The summed E-state index contributed by atoms with van der Waals surface area (Å²) in [7, 11) is 2.04. The first-order chi connectivity index (χ1) is 8.04. The van der Waals surface area contributed by atoms with Gasteiger partial charge in [-0.15, -0.1) is 0 Å². The highest BCUT2D eigenvalue weighted by molar-refractivity contribution is 6.29. The highest BCUT2D eigenvalue weighted by Gasteiger charge is 2.20. The van der Waals surface area contributed by atoms with Gasteiger partial charge in [0.25, 0.3) is 5.69 Å². The number of hydrogen-bond acceptors (Lipinski definition) is 5. The van der Waals surface area contributed by atoms with E-state index < -0.39 is 4.92 Å². The van der Waals surface area contributed by atoms with Gasteiger partial charge in [0.15, 0.2) is 0 Å². The molecule has 1 aromatic rings. The number of anilines is 1. The molecule has 2 rings (SSSR count). The van der Waals surface area contributed by atoms with Crippen molar-refractivity contribution in [3.05, 3.63) is 27.4 Å². The van der Waals surface area contributed by atoms with Gasteiger partial charge in [0, 0.05) is 12.6 Å². The van der Waals surface area contributed by atoms with Crippen LogP contribution >= 0.6 is 11.6 Å². The van der Waals surface area contributed by atoms with E-state index in [0.717, 1.165) is 19.5 Å². The molecule has 0 aliphatic carbocycles. The summed E-state index contributed by atoms with van der Waals surface area (Å²) >= 11 is 5.74. The van der Waals surface area contributed by atoms with Crippen LogP contribution in [0.25, 0.3) is 0 Å². The Balaban J connectivity index is 2.12. The van der Waals surface area contributed by atoms with Gasteiger partial charge in [-0.25, -0.2) is 4.98 Å². The van der Waals surface area contributed by atoms with Crippen LogP contribution in [0.1, 0.15) is 6.42 Å². The van der Waals surface area contributed by atoms with Crippen LogP contribution in [0.3, 0.4) is 0 Å². The molecule has 0 bridgehead atoms. The number of likely N-dealkylation sites (tertiary alicyclic amines) is 1. The van der Waals surface area contributed by atoms with E-state index in [1.807, 2.05) is 7.05 Å². The van der Waals surface area contributed by atoms with Gasteiger partial charge in [-0.05, 0) is 20.0 Å². The number of aromatic nitrogens is 1. The van der Waals surface area contributed by atoms with E-state index in [2.05, 4.69) is 15.2 Å². The molecule has 0 radical (unpaired) electrons. The maximum atomic E-state index is 10.7. The Morgan fingerprint density at radius 2 is 2.41 bits per heavy atom. The number of likely N-dealkylation sites (N-methyl/N-ethyl adjacent to an activating group) is 1. The second-order valence-corrected chi connectivity index (χ2v) is 4.57. The Bertz CT molecular complexity index is 440. The molecular formula is C10H13ClN4O2. The minimum absolute atomic E-state index is 0.0427. The lowest BCUT2D eigenvalue weighted by atomic mass is 10.2. The average molecular weight is 257 g/mol. The number of nitrogens with one attached hydrogen (secondary N) is 1. The smallest absolute Gasteiger partial charge is 0.276 e. The van der Waals surface area contributed by atoms with Crippen LogP contribution < -0.4 is 5.32 Å². The SMILES string of the molecule is CN1CCC(Nc2cc([N+](=O)[O-])cc(Cl)n2)C1. The van der Waals surface area contributed by atoms with Crippen LogP contribution in [-0.4, -0.2) is 41.0 Å². The molecule has 1 N–H and O–H groups in total. The van der Waals surface area contributed by atoms with Crippen molar-refractivity contribution in [2.75, 3.05) is 25.5 Å². The van der Waals surface area contributed by atoms with Crippen molar-refractivity contribution in [2.45, 2.75) is 12.5 Å². The molecule has 2 heterocycles. The van der Waals surface area contributed by atoms with E-state index in [1.165, 1.54) is 12.1 Å². The molecule has 7 heteroatoms. The summed E-state index contributed by atoms with van der Waals surface area (Å²) in [5.74, 6) is 0.463. The van der Waals surface area contributed by atoms with Gasteiger partial charge in [-0.3, -0.25) is 10.1 Å². The number of hydrogen-bond donors (Lipinski definition) is 1. The summed E-state index contributed by atoms with van der Waals surface area (Å²) in [6.45, 7) is 1.92. The molecule has 1 fully saturated rings.